The Bertz CT molecular complexity index is 4130. The molecule has 18 N–H and O–H groups in total. The van der Waals surface area contributed by atoms with Gasteiger partial charge in [0.1, 0.15) is 60.1 Å². The number of aliphatic hydroxyl groups is 2. The number of thioether (sulfide) groups is 1. The summed E-state index contributed by atoms with van der Waals surface area (Å²) in [5.41, 5.74) is 9.18. The lowest BCUT2D eigenvalue weighted by Gasteiger charge is -2.28. The van der Waals surface area contributed by atoms with Crippen molar-refractivity contribution in [2.24, 2.45) is 5.73 Å². The molecule has 96 heavy (non-hydrogen) atoms. The Morgan fingerprint density at radius 1 is 0.615 bits per heavy atom. The van der Waals surface area contributed by atoms with Crippen LogP contribution in [0.3, 0.4) is 0 Å². The lowest BCUT2D eigenvalue weighted by molar-refractivity contribution is -0.142. The van der Waals surface area contributed by atoms with Crippen LogP contribution in [-0.2, 0) is 85.0 Å². The predicted octanol–water partition coefficient (Wildman–Crippen LogP) is -0.331. The minimum atomic E-state index is -2.02. The van der Waals surface area contributed by atoms with Crippen molar-refractivity contribution < 1.29 is 73.2 Å². The number of phenols is 1. The minimum absolute atomic E-state index is 0.00394. The molecule has 5 aromatic heterocycles. The van der Waals surface area contributed by atoms with Gasteiger partial charge in [0.2, 0.25) is 59.1 Å². The van der Waals surface area contributed by atoms with E-state index in [4.69, 9.17) is 5.73 Å². The third kappa shape index (κ3) is 18.2. The lowest BCUT2D eigenvalue weighted by Crippen LogP contribution is -2.62. The zero-order valence-electron chi connectivity index (χ0n) is 51.7. The van der Waals surface area contributed by atoms with E-state index in [2.05, 4.69) is 67.8 Å². The summed E-state index contributed by atoms with van der Waals surface area (Å²) in [6.45, 7) is -0.745. The number of benzene rings is 3. The second-order valence-corrected chi connectivity index (χ2v) is 25.0. The van der Waals surface area contributed by atoms with Crippen LogP contribution in [0.5, 0.6) is 5.75 Å². The highest BCUT2D eigenvalue weighted by Crippen LogP contribution is 2.35. The molecule has 0 saturated heterocycles. The zero-order valence-corrected chi connectivity index (χ0v) is 53.4. The van der Waals surface area contributed by atoms with Gasteiger partial charge >= 0.3 is 5.97 Å². The highest BCUT2D eigenvalue weighted by molar-refractivity contribution is 7.99. The summed E-state index contributed by atoms with van der Waals surface area (Å²) in [5.74, 6) is -11.8. The molecule has 506 valence electrons. The van der Waals surface area contributed by atoms with Gasteiger partial charge in [-0.2, -0.15) is 0 Å². The van der Waals surface area contributed by atoms with E-state index in [-0.39, 0.29) is 50.0 Å². The number of carbonyl (C=O) groups excluding carboxylic acids is 10. The van der Waals surface area contributed by atoms with E-state index in [1.54, 1.807) is 42.7 Å². The van der Waals surface area contributed by atoms with Crippen LogP contribution >= 0.6 is 23.1 Å². The number of primary amides is 1. The highest BCUT2D eigenvalue weighted by Gasteiger charge is 2.37. The molecular weight excluding hydrogens is 1280 g/mol. The molecule has 8 aromatic rings. The number of phenolic OH excluding ortho intramolecular Hbond substituents is 1. The van der Waals surface area contributed by atoms with Crippen LogP contribution in [0.2, 0.25) is 0 Å². The number of aromatic hydroxyl groups is 1. The van der Waals surface area contributed by atoms with E-state index >= 15 is 14.4 Å². The molecule has 32 heteroatoms. The number of imidazole rings is 1. The van der Waals surface area contributed by atoms with Gasteiger partial charge in [-0.1, -0.05) is 48.5 Å². The number of thiophene rings is 1. The number of fused-ring (bicyclic) bond motifs is 5. The molecule has 0 saturated carbocycles. The third-order valence-corrected chi connectivity index (χ3v) is 18.3. The third-order valence-electron chi connectivity index (χ3n) is 16.1. The quantitative estimate of drug-likeness (QED) is 0.0663. The first-order valence-electron chi connectivity index (χ1n) is 30.6. The molecular formula is C64H73N15O15S2. The number of aryl methyl sites for hydroxylation is 1. The molecule has 30 nitrogen and oxygen atoms in total. The molecule has 1 unspecified atom stereocenters. The van der Waals surface area contributed by atoms with Crippen LogP contribution < -0.4 is 53.6 Å². The van der Waals surface area contributed by atoms with Crippen molar-refractivity contribution >= 4 is 120 Å². The summed E-state index contributed by atoms with van der Waals surface area (Å²) >= 11 is 2.64. The summed E-state index contributed by atoms with van der Waals surface area (Å²) in [5, 5.41) is 68.8. The molecule has 10 amide bonds. The summed E-state index contributed by atoms with van der Waals surface area (Å²) in [4.78, 5) is 168. The second kappa shape index (κ2) is 32.5. The standard InChI is InChI=1S/C64H73N15O15S2/c1-33(82)70-44-12-6-7-18-79-28-35-17-19-95-54(35)64(79)96-31-52(55(65)86)78-59(90)47(22-37-26-68-43-11-5-3-9-41(37)43)72-57(88)45(20-34-13-15-39(83)16-14-34)71-60(91)48(23-38-27-66-32-69-38)74-58(89)46(21-36-25-67-42-10-4-2-8-40(36)42)73-62(93)51(30-81)77-61(92)49(24-53(84)85)75-63(94)50(29-80)76-56(44)87/h2-5,8-11,13-17,19,25-28,32,44-52,67-68,80-81,83H,6-7,12,18,20-24,29-31H2,1H3,(H2,65,86)(H,66,69)(H,70,82)(H,71,91)(H,72,88)(H,73,93)(H,74,89)(H,75,94)(H,76,87)(H,77,92)(H,78,90)(H,84,85)/t44-,45-,46-,47-,48-,49-,50-,51-,52?/m0/s1. The number of aliphatic hydroxyl groups excluding tert-OH is 2. The van der Waals surface area contributed by atoms with Crippen LogP contribution in [0.1, 0.15) is 55.0 Å². The molecule has 0 bridgehead atoms. The molecule has 0 fully saturated rings. The van der Waals surface area contributed by atoms with Gasteiger partial charge in [0.05, 0.1) is 35.7 Å². The largest absolute Gasteiger partial charge is 0.508 e. The van der Waals surface area contributed by atoms with E-state index < -0.39 is 139 Å². The first-order chi connectivity index (χ1) is 46.1. The van der Waals surface area contributed by atoms with Crippen LogP contribution in [0.15, 0.2) is 120 Å². The fraction of sp³-hybridized carbons (Fsp3) is 0.344. The number of aromatic amines is 3. The fourth-order valence-corrected chi connectivity index (χ4v) is 13.4. The maximum absolute atomic E-state index is 15.2. The van der Waals surface area contributed by atoms with Crippen molar-refractivity contribution in [1.29, 1.82) is 0 Å². The van der Waals surface area contributed by atoms with Crippen molar-refractivity contribution in [3.63, 3.8) is 0 Å². The molecule has 3 aromatic carbocycles. The van der Waals surface area contributed by atoms with E-state index in [0.717, 1.165) is 17.0 Å². The van der Waals surface area contributed by atoms with Gasteiger partial charge < -0.3 is 93.5 Å². The molecule has 0 spiro atoms. The van der Waals surface area contributed by atoms with Crippen LogP contribution in [-0.4, -0.2) is 183 Å². The smallest absolute Gasteiger partial charge is 0.305 e. The second-order valence-electron chi connectivity index (χ2n) is 23.0. The van der Waals surface area contributed by atoms with Crippen molar-refractivity contribution in [3.05, 3.63) is 138 Å². The monoisotopic (exact) mass is 1360 g/mol. The number of amides is 10. The highest BCUT2D eigenvalue weighted by atomic mass is 32.2. The number of carboxylic acids is 1. The van der Waals surface area contributed by atoms with Crippen molar-refractivity contribution in [1.82, 2.24) is 72.4 Å². The Kier molecular flexibility index (Phi) is 23.6. The van der Waals surface area contributed by atoms with E-state index in [9.17, 15) is 58.8 Å². The van der Waals surface area contributed by atoms with Crippen molar-refractivity contribution in [3.8, 4) is 5.75 Å². The average Bonchev–Trinajstić information content (AvgIpc) is 1.68. The Morgan fingerprint density at radius 2 is 1.12 bits per heavy atom. The van der Waals surface area contributed by atoms with Gasteiger partial charge in [-0.3, -0.25) is 52.7 Å². The molecule has 0 aliphatic carbocycles. The number of nitrogens with two attached hydrogens (primary N) is 1. The molecule has 9 rings (SSSR count). The SMILES string of the molecule is CC(=O)N[C@H]1CCCCn2cc3ccsc3c2SCC(C(N)=O)NC(=O)[C@H](Cc2c[nH]c3ccccc23)NC(=O)[C@H](Cc2ccc(O)cc2)NC(=O)[C@H](Cc2cnc[nH]2)NC(=O)[C@H](Cc2c[nH]c3ccccc23)NC(=O)[C@H](CO)NC(=O)[C@H](CC(=O)O)NC(=O)[C@H](CO)NC1=O. The van der Waals surface area contributed by atoms with Crippen molar-refractivity contribution in [2.45, 2.75) is 124 Å². The normalized spacial score (nSPS) is 22.3. The molecule has 9 atom stereocenters. The van der Waals surface area contributed by atoms with Crippen LogP contribution in [0, 0.1) is 0 Å². The number of H-pyrrole nitrogens is 3. The van der Waals surface area contributed by atoms with E-state index in [0.29, 0.717) is 62.2 Å². The number of para-hydroxylation sites is 2. The summed E-state index contributed by atoms with van der Waals surface area (Å²) in [6, 6.07) is 7.12. The van der Waals surface area contributed by atoms with Gasteiger partial charge in [-0.05, 0) is 71.7 Å². The van der Waals surface area contributed by atoms with Gasteiger partial charge in [0.15, 0.2) is 0 Å². The number of aliphatic carboxylic acids is 1. The van der Waals surface area contributed by atoms with Gasteiger partial charge in [0, 0.05) is 103 Å². The van der Waals surface area contributed by atoms with Crippen LogP contribution in [0.4, 0.5) is 0 Å². The van der Waals surface area contributed by atoms with Crippen LogP contribution in [0.25, 0.3) is 31.9 Å². The number of hydrogen-bond acceptors (Lipinski definition) is 17. The number of nitrogens with one attached hydrogen (secondary N) is 12. The number of nitrogens with zero attached hydrogens (tertiary/aromatic N) is 2. The first kappa shape index (κ1) is 69.8. The maximum Gasteiger partial charge on any atom is 0.305 e. The number of carboxylic acid groups (broad SMARTS) is 1. The summed E-state index contributed by atoms with van der Waals surface area (Å²) in [7, 11) is 0. The zero-order chi connectivity index (χ0) is 68.6. The molecule has 1 aliphatic rings. The number of rotatable bonds is 14. The number of carbonyl (C=O) groups is 11. The van der Waals surface area contributed by atoms with Gasteiger partial charge in [-0.25, -0.2) is 4.98 Å². The van der Waals surface area contributed by atoms with E-state index in [1.807, 2.05) is 40.4 Å². The summed E-state index contributed by atoms with van der Waals surface area (Å²) < 4.78 is 2.77. The molecule has 6 heterocycles. The average molecular weight is 1360 g/mol. The van der Waals surface area contributed by atoms with Crippen molar-refractivity contribution in [2.75, 3.05) is 19.0 Å². The fourth-order valence-electron chi connectivity index (χ4n) is 11.1. The maximum atomic E-state index is 15.2. The predicted molar refractivity (Wildman–Crippen MR) is 351 cm³/mol. The van der Waals surface area contributed by atoms with Gasteiger partial charge in [-0.15, -0.1) is 23.1 Å². The Labute approximate surface area is 555 Å². The molecule has 1 aliphatic heterocycles. The first-order valence-corrected chi connectivity index (χ1v) is 32.5. The van der Waals surface area contributed by atoms with E-state index in [1.165, 1.54) is 59.9 Å². The summed E-state index contributed by atoms with van der Waals surface area (Å²) in [6.07, 6.45) is 6.33. The van der Waals surface area contributed by atoms with Gasteiger partial charge in [0.25, 0.3) is 0 Å². The Morgan fingerprint density at radius 3 is 1.67 bits per heavy atom. The minimum Gasteiger partial charge on any atom is -0.508 e. The lowest BCUT2D eigenvalue weighted by atomic mass is 10.0. The molecule has 0 radical (unpaired) electrons. The number of hydrogen-bond donors (Lipinski definition) is 17. The Balaban J connectivity index is 1.09. The number of aromatic nitrogens is 5. The Hall–Kier alpha value is -10.6. The topological polar surface area (TPSA) is 468 Å².